The van der Waals surface area contributed by atoms with Crippen molar-refractivity contribution in [3.8, 4) is 0 Å². The lowest BCUT2D eigenvalue weighted by atomic mass is 9.70. The molecule has 2 saturated carbocycles. The van der Waals surface area contributed by atoms with Crippen LogP contribution >= 0.6 is 0 Å². The number of rotatable bonds is 3. The van der Waals surface area contributed by atoms with Gasteiger partial charge in [-0.3, -0.25) is 15.4 Å². The number of ether oxygens (including phenoxy) is 1. The molecule has 1 aromatic rings. The predicted molar refractivity (Wildman–Crippen MR) is 86.2 cm³/mol. The Bertz CT molecular complexity index is 658. The van der Waals surface area contributed by atoms with Crippen molar-refractivity contribution in [3.05, 3.63) is 34.4 Å². The molecule has 0 spiro atoms. The van der Waals surface area contributed by atoms with Gasteiger partial charge in [0, 0.05) is 11.5 Å². The number of nitro groups is 1. The third-order valence-corrected chi connectivity index (χ3v) is 6.30. The van der Waals surface area contributed by atoms with Crippen molar-refractivity contribution in [2.75, 3.05) is 5.32 Å². The van der Waals surface area contributed by atoms with E-state index in [0.29, 0.717) is 5.92 Å². The van der Waals surface area contributed by atoms with Crippen LogP contribution in [0, 0.1) is 26.9 Å². The standard InChI is InChI=1S/C17H22N2O4/c1-16(2)11-8-9-17(16,3)14(10-11)23-15(20)18-12-6-4-5-7-13(12)19(21)22/h4-7,11,14H,8-10H2,1-3H3,(H,18,20). The van der Waals surface area contributed by atoms with Crippen LogP contribution in [0.15, 0.2) is 24.3 Å². The molecular formula is C17H22N2O4. The Balaban J connectivity index is 1.71. The largest absolute Gasteiger partial charge is 0.445 e. The number of hydrogen-bond donors (Lipinski definition) is 1. The lowest BCUT2D eigenvalue weighted by Crippen LogP contribution is -2.39. The molecule has 0 saturated heterocycles. The number of amides is 1. The van der Waals surface area contributed by atoms with E-state index in [0.717, 1.165) is 12.8 Å². The summed E-state index contributed by atoms with van der Waals surface area (Å²) in [7, 11) is 0. The molecule has 124 valence electrons. The molecule has 0 heterocycles. The number of anilines is 1. The van der Waals surface area contributed by atoms with Crippen LogP contribution in [0.25, 0.3) is 0 Å². The summed E-state index contributed by atoms with van der Waals surface area (Å²) in [5.74, 6) is 0.566. The Morgan fingerprint density at radius 3 is 2.61 bits per heavy atom. The first kappa shape index (κ1) is 15.8. The second-order valence-electron chi connectivity index (χ2n) is 7.40. The fourth-order valence-electron chi connectivity index (χ4n) is 4.32. The topological polar surface area (TPSA) is 81.5 Å². The zero-order valence-corrected chi connectivity index (χ0v) is 13.7. The molecule has 0 aromatic heterocycles. The van der Waals surface area contributed by atoms with Gasteiger partial charge in [-0.05, 0) is 36.7 Å². The molecule has 1 aromatic carbocycles. The molecule has 0 aliphatic heterocycles. The molecule has 3 unspecified atom stereocenters. The highest BCUT2D eigenvalue weighted by Gasteiger charge is 2.62. The molecule has 3 rings (SSSR count). The number of carbonyl (C=O) groups excluding carboxylic acids is 1. The fourth-order valence-corrected chi connectivity index (χ4v) is 4.32. The Labute approximate surface area is 135 Å². The molecule has 2 aliphatic rings. The van der Waals surface area contributed by atoms with Crippen molar-refractivity contribution in [3.63, 3.8) is 0 Å². The maximum Gasteiger partial charge on any atom is 0.412 e. The SMILES string of the molecule is CC1(C)C2CCC1(C)C(OC(=O)Nc1ccccc1[N+](=O)[O-])C2. The van der Waals surface area contributed by atoms with Gasteiger partial charge in [-0.25, -0.2) is 4.79 Å². The van der Waals surface area contributed by atoms with Crippen molar-refractivity contribution in [1.29, 1.82) is 0 Å². The molecule has 1 N–H and O–H groups in total. The first-order chi connectivity index (χ1) is 10.8. The number of nitro benzene ring substituents is 1. The summed E-state index contributed by atoms with van der Waals surface area (Å²) in [6.45, 7) is 6.67. The average Bonchev–Trinajstić information content (AvgIpc) is 2.81. The van der Waals surface area contributed by atoms with Gasteiger partial charge in [0.05, 0.1) is 4.92 Å². The molecule has 2 aliphatic carbocycles. The van der Waals surface area contributed by atoms with Gasteiger partial charge in [0.1, 0.15) is 11.8 Å². The number of nitrogens with zero attached hydrogens (tertiary/aromatic N) is 1. The summed E-state index contributed by atoms with van der Waals surface area (Å²) < 4.78 is 5.65. The first-order valence-corrected chi connectivity index (χ1v) is 7.97. The van der Waals surface area contributed by atoms with Crippen LogP contribution in [0.3, 0.4) is 0 Å². The average molecular weight is 318 g/mol. The zero-order chi connectivity index (χ0) is 16.8. The minimum atomic E-state index is -0.617. The number of para-hydroxylation sites is 2. The van der Waals surface area contributed by atoms with E-state index in [4.69, 9.17) is 4.74 Å². The van der Waals surface area contributed by atoms with E-state index in [2.05, 4.69) is 26.1 Å². The number of carbonyl (C=O) groups is 1. The minimum Gasteiger partial charge on any atom is -0.445 e. The smallest absolute Gasteiger partial charge is 0.412 e. The second-order valence-corrected chi connectivity index (χ2v) is 7.40. The van der Waals surface area contributed by atoms with Gasteiger partial charge in [0.2, 0.25) is 0 Å². The van der Waals surface area contributed by atoms with E-state index >= 15 is 0 Å². The van der Waals surface area contributed by atoms with Gasteiger partial charge in [0.25, 0.3) is 5.69 Å². The molecule has 6 nitrogen and oxygen atoms in total. The number of hydrogen-bond acceptors (Lipinski definition) is 4. The molecule has 1 amide bonds. The summed E-state index contributed by atoms with van der Waals surface area (Å²) in [5.41, 5.74) is 0.146. The second kappa shape index (κ2) is 5.22. The number of nitrogens with one attached hydrogen (secondary N) is 1. The molecule has 2 fully saturated rings. The van der Waals surface area contributed by atoms with Gasteiger partial charge in [-0.1, -0.05) is 32.9 Å². The van der Waals surface area contributed by atoms with Crippen LogP contribution in [0.5, 0.6) is 0 Å². The Morgan fingerprint density at radius 2 is 2.04 bits per heavy atom. The maximum absolute atomic E-state index is 12.2. The predicted octanol–water partition coefficient (Wildman–Crippen LogP) is 4.36. The molecule has 2 bridgehead atoms. The summed E-state index contributed by atoms with van der Waals surface area (Å²) in [4.78, 5) is 22.7. The van der Waals surface area contributed by atoms with E-state index in [1.54, 1.807) is 12.1 Å². The van der Waals surface area contributed by atoms with Crippen molar-refractivity contribution in [2.24, 2.45) is 16.7 Å². The van der Waals surface area contributed by atoms with Gasteiger partial charge >= 0.3 is 6.09 Å². The Hall–Kier alpha value is -2.11. The van der Waals surface area contributed by atoms with E-state index in [9.17, 15) is 14.9 Å². The highest BCUT2D eigenvalue weighted by Crippen LogP contribution is 2.66. The Kier molecular flexibility index (Phi) is 3.58. The van der Waals surface area contributed by atoms with E-state index < -0.39 is 11.0 Å². The van der Waals surface area contributed by atoms with Gasteiger partial charge in [-0.15, -0.1) is 0 Å². The third-order valence-electron chi connectivity index (χ3n) is 6.30. The summed E-state index contributed by atoms with van der Waals surface area (Å²) in [6.07, 6.45) is 2.34. The normalized spacial score (nSPS) is 30.9. The Morgan fingerprint density at radius 1 is 1.35 bits per heavy atom. The molecule has 0 radical (unpaired) electrons. The van der Waals surface area contributed by atoms with Crippen molar-refractivity contribution in [1.82, 2.24) is 0 Å². The van der Waals surface area contributed by atoms with Gasteiger partial charge in [0.15, 0.2) is 0 Å². The molecule has 23 heavy (non-hydrogen) atoms. The highest BCUT2D eigenvalue weighted by atomic mass is 16.6. The van der Waals surface area contributed by atoms with E-state index in [-0.39, 0.29) is 28.3 Å². The third kappa shape index (κ3) is 2.36. The van der Waals surface area contributed by atoms with Gasteiger partial charge in [-0.2, -0.15) is 0 Å². The fraction of sp³-hybridized carbons (Fsp3) is 0.588. The highest BCUT2D eigenvalue weighted by molar-refractivity contribution is 5.87. The lowest BCUT2D eigenvalue weighted by Gasteiger charge is -2.38. The first-order valence-electron chi connectivity index (χ1n) is 7.97. The quantitative estimate of drug-likeness (QED) is 0.663. The van der Waals surface area contributed by atoms with Gasteiger partial charge < -0.3 is 4.74 Å². The van der Waals surface area contributed by atoms with Crippen LogP contribution < -0.4 is 5.32 Å². The number of benzene rings is 1. The molecule has 3 atom stereocenters. The summed E-state index contributed by atoms with van der Waals surface area (Å²) in [5, 5.41) is 13.5. The van der Waals surface area contributed by atoms with Crippen LogP contribution in [-0.2, 0) is 4.74 Å². The van der Waals surface area contributed by atoms with Crippen LogP contribution in [-0.4, -0.2) is 17.1 Å². The number of fused-ring (bicyclic) bond motifs is 2. The van der Waals surface area contributed by atoms with Crippen LogP contribution in [0.1, 0.15) is 40.0 Å². The molecule has 6 heteroatoms. The van der Waals surface area contributed by atoms with Crippen molar-refractivity contribution < 1.29 is 14.5 Å². The maximum atomic E-state index is 12.2. The van der Waals surface area contributed by atoms with Crippen LogP contribution in [0.4, 0.5) is 16.2 Å². The van der Waals surface area contributed by atoms with Crippen molar-refractivity contribution >= 4 is 17.5 Å². The summed E-state index contributed by atoms with van der Waals surface area (Å²) >= 11 is 0. The zero-order valence-electron chi connectivity index (χ0n) is 13.7. The van der Waals surface area contributed by atoms with Crippen LogP contribution in [0.2, 0.25) is 0 Å². The summed E-state index contributed by atoms with van der Waals surface area (Å²) in [6, 6.07) is 6.07. The molecular weight excluding hydrogens is 296 g/mol. The lowest BCUT2D eigenvalue weighted by molar-refractivity contribution is -0.383. The minimum absolute atomic E-state index is 0.0301. The van der Waals surface area contributed by atoms with E-state index in [1.165, 1.54) is 18.6 Å². The van der Waals surface area contributed by atoms with E-state index in [1.807, 2.05) is 0 Å². The monoisotopic (exact) mass is 318 g/mol. The van der Waals surface area contributed by atoms with Crippen molar-refractivity contribution in [2.45, 2.75) is 46.1 Å².